The lowest BCUT2D eigenvalue weighted by Gasteiger charge is -2.25. The van der Waals surface area contributed by atoms with Gasteiger partial charge in [-0.1, -0.05) is 12.1 Å². The van der Waals surface area contributed by atoms with Crippen molar-refractivity contribution in [2.75, 3.05) is 12.4 Å². The fraction of sp³-hybridized carbons (Fsp3) is 0.217. The highest BCUT2D eigenvalue weighted by molar-refractivity contribution is 5.96. The minimum atomic E-state index is -0.405. The van der Waals surface area contributed by atoms with E-state index in [1.54, 1.807) is 36.0 Å². The van der Waals surface area contributed by atoms with E-state index in [9.17, 15) is 4.79 Å². The van der Waals surface area contributed by atoms with Crippen LogP contribution in [0.4, 0.5) is 11.6 Å². The van der Waals surface area contributed by atoms with Crippen molar-refractivity contribution in [2.45, 2.75) is 25.3 Å². The first-order valence-corrected chi connectivity index (χ1v) is 10.7. The molecule has 4 aromatic heterocycles. The van der Waals surface area contributed by atoms with E-state index in [4.69, 9.17) is 19.8 Å². The Hall–Kier alpha value is -4.34. The Morgan fingerprint density at radius 3 is 2.85 bits per heavy atom. The van der Waals surface area contributed by atoms with Crippen LogP contribution < -0.4 is 15.6 Å². The summed E-state index contributed by atoms with van der Waals surface area (Å²) < 4.78 is 9.12. The molecule has 10 heteroatoms. The molecule has 6 rings (SSSR count). The first-order chi connectivity index (χ1) is 16.2. The van der Waals surface area contributed by atoms with Crippen LogP contribution >= 0.6 is 0 Å². The fourth-order valence-electron chi connectivity index (χ4n) is 3.95. The zero-order valence-corrected chi connectivity index (χ0v) is 17.8. The summed E-state index contributed by atoms with van der Waals surface area (Å²) in [4.78, 5) is 25.8. The van der Waals surface area contributed by atoms with E-state index in [0.29, 0.717) is 34.7 Å². The summed E-state index contributed by atoms with van der Waals surface area (Å²) in [6.45, 7) is 0. The number of methoxy groups -OCH3 is 1. The second kappa shape index (κ2) is 7.66. The van der Waals surface area contributed by atoms with E-state index < -0.39 is 5.56 Å². The standard InChI is InChI=1S/C23H20N8O2/c1-33-18-10-5-8-16-19(18)27-23(26-17-9-2-3-11-24-22(17)32)31-21(16)28-20(29-31)14-12-25-30(13-14)15-6-4-7-15/h2-3,5,8-13,15H,4,6-7H2,1H3,(H,24,26,27,32). The van der Waals surface area contributed by atoms with Gasteiger partial charge in [-0.3, -0.25) is 9.48 Å². The molecule has 10 nitrogen and oxygen atoms in total. The number of ether oxygens (including phenoxy) is 1. The van der Waals surface area contributed by atoms with Gasteiger partial charge in [0.25, 0.3) is 5.56 Å². The van der Waals surface area contributed by atoms with Crippen molar-refractivity contribution in [2.24, 2.45) is 0 Å². The zero-order chi connectivity index (χ0) is 22.4. The van der Waals surface area contributed by atoms with E-state index >= 15 is 0 Å². The predicted octanol–water partition coefficient (Wildman–Crippen LogP) is 3.37. The molecule has 0 radical (unpaired) electrons. The lowest BCUT2D eigenvalue weighted by atomic mass is 9.93. The molecule has 1 aromatic carbocycles. The Morgan fingerprint density at radius 1 is 1.12 bits per heavy atom. The first kappa shape index (κ1) is 19.4. The Kier molecular flexibility index (Phi) is 4.49. The highest BCUT2D eigenvalue weighted by atomic mass is 16.5. The van der Waals surface area contributed by atoms with Gasteiger partial charge in [-0.2, -0.15) is 9.61 Å². The third-order valence-corrected chi connectivity index (χ3v) is 5.92. The number of benzene rings is 1. The second-order valence-electron chi connectivity index (χ2n) is 7.93. The Labute approximate surface area is 187 Å². The monoisotopic (exact) mass is 440 g/mol. The predicted molar refractivity (Wildman–Crippen MR) is 123 cm³/mol. The number of hydrogen-bond acceptors (Lipinski definition) is 8. The minimum Gasteiger partial charge on any atom is -0.494 e. The van der Waals surface area contributed by atoms with Crippen LogP contribution in [0.5, 0.6) is 5.75 Å². The average molecular weight is 440 g/mol. The van der Waals surface area contributed by atoms with Crippen molar-refractivity contribution in [1.29, 1.82) is 0 Å². The van der Waals surface area contributed by atoms with E-state index in [1.165, 1.54) is 12.6 Å². The third-order valence-electron chi connectivity index (χ3n) is 5.92. The van der Waals surface area contributed by atoms with Crippen LogP contribution in [0.25, 0.3) is 27.9 Å². The maximum atomic E-state index is 12.4. The maximum absolute atomic E-state index is 12.4. The molecule has 1 N–H and O–H groups in total. The third kappa shape index (κ3) is 3.27. The molecular weight excluding hydrogens is 420 g/mol. The van der Waals surface area contributed by atoms with Gasteiger partial charge in [0.2, 0.25) is 5.95 Å². The summed E-state index contributed by atoms with van der Waals surface area (Å²) in [5.74, 6) is 1.46. The van der Waals surface area contributed by atoms with Gasteiger partial charge in [0.05, 0.1) is 24.9 Å². The second-order valence-corrected chi connectivity index (χ2v) is 7.93. The molecule has 5 aromatic rings. The quantitative estimate of drug-likeness (QED) is 0.443. The summed E-state index contributed by atoms with van der Waals surface area (Å²) in [5, 5.41) is 13.1. The van der Waals surface area contributed by atoms with Crippen LogP contribution in [-0.2, 0) is 0 Å². The summed E-state index contributed by atoms with van der Waals surface area (Å²) in [5.41, 5.74) is 1.90. The lowest BCUT2D eigenvalue weighted by molar-refractivity contribution is 0.289. The van der Waals surface area contributed by atoms with E-state index in [1.807, 2.05) is 29.1 Å². The van der Waals surface area contributed by atoms with Crippen molar-refractivity contribution in [3.05, 3.63) is 65.3 Å². The molecule has 164 valence electrons. The average Bonchev–Trinajstić information content (AvgIpc) is 3.39. The molecular formula is C23H20N8O2. The number of rotatable bonds is 5. The van der Waals surface area contributed by atoms with E-state index in [0.717, 1.165) is 23.8 Å². The van der Waals surface area contributed by atoms with Gasteiger partial charge in [-0.25, -0.2) is 15.0 Å². The molecule has 1 aliphatic carbocycles. The summed E-state index contributed by atoms with van der Waals surface area (Å²) >= 11 is 0. The van der Waals surface area contributed by atoms with Crippen LogP contribution in [0.1, 0.15) is 25.3 Å². The Balaban J connectivity index is 1.55. The van der Waals surface area contributed by atoms with Crippen molar-refractivity contribution in [3.63, 3.8) is 0 Å². The van der Waals surface area contributed by atoms with Gasteiger partial charge in [-0.15, -0.1) is 5.10 Å². The topological polar surface area (TPSA) is 112 Å². The molecule has 33 heavy (non-hydrogen) atoms. The van der Waals surface area contributed by atoms with Crippen LogP contribution in [0.2, 0.25) is 0 Å². The number of nitrogens with zero attached hydrogens (tertiary/aromatic N) is 7. The van der Waals surface area contributed by atoms with Crippen LogP contribution in [0.15, 0.2) is 59.8 Å². The largest absolute Gasteiger partial charge is 0.494 e. The first-order valence-electron chi connectivity index (χ1n) is 10.7. The highest BCUT2D eigenvalue weighted by Crippen LogP contribution is 2.33. The molecule has 0 unspecified atom stereocenters. The van der Waals surface area contributed by atoms with Gasteiger partial charge < -0.3 is 10.1 Å². The molecule has 4 heterocycles. The Bertz CT molecular complexity index is 1550. The summed E-state index contributed by atoms with van der Waals surface area (Å²) in [6, 6.07) is 11.2. The number of nitrogens with one attached hydrogen (secondary N) is 1. The van der Waals surface area contributed by atoms with Crippen molar-refractivity contribution >= 4 is 28.2 Å². The van der Waals surface area contributed by atoms with Crippen molar-refractivity contribution in [1.82, 2.24) is 34.3 Å². The molecule has 0 aliphatic heterocycles. The number of aromatic nitrogens is 7. The van der Waals surface area contributed by atoms with Gasteiger partial charge in [-0.05, 0) is 43.5 Å². The normalized spacial score (nSPS) is 13.8. The molecule has 1 saturated carbocycles. The molecule has 0 amide bonds. The smallest absolute Gasteiger partial charge is 0.293 e. The van der Waals surface area contributed by atoms with Gasteiger partial charge in [0.1, 0.15) is 17.0 Å². The van der Waals surface area contributed by atoms with E-state index in [2.05, 4.69) is 15.4 Å². The van der Waals surface area contributed by atoms with Crippen molar-refractivity contribution < 1.29 is 4.74 Å². The molecule has 0 spiro atoms. The molecule has 1 fully saturated rings. The highest BCUT2D eigenvalue weighted by Gasteiger charge is 2.22. The SMILES string of the molecule is COc1cccc2c1nc(Nc1ccccnc1=O)n1nc(-c3cnn(C4CCC4)c3)nc21. The fourth-order valence-corrected chi connectivity index (χ4v) is 3.95. The van der Waals surface area contributed by atoms with Crippen LogP contribution in [-0.4, -0.2) is 41.5 Å². The van der Waals surface area contributed by atoms with E-state index in [-0.39, 0.29) is 5.69 Å². The van der Waals surface area contributed by atoms with Crippen molar-refractivity contribution in [3.8, 4) is 17.1 Å². The van der Waals surface area contributed by atoms with Gasteiger partial charge in [0, 0.05) is 17.8 Å². The lowest BCUT2D eigenvalue weighted by Crippen LogP contribution is -2.16. The maximum Gasteiger partial charge on any atom is 0.293 e. The molecule has 0 bridgehead atoms. The van der Waals surface area contributed by atoms with Crippen LogP contribution in [0, 0.1) is 0 Å². The minimum absolute atomic E-state index is 0.276. The zero-order valence-electron chi connectivity index (χ0n) is 17.8. The van der Waals surface area contributed by atoms with Crippen LogP contribution in [0.3, 0.4) is 0 Å². The number of anilines is 2. The molecule has 1 aliphatic rings. The summed E-state index contributed by atoms with van der Waals surface area (Å²) in [6.07, 6.45) is 8.73. The number of hydrogen-bond donors (Lipinski definition) is 1. The summed E-state index contributed by atoms with van der Waals surface area (Å²) in [7, 11) is 1.59. The number of para-hydroxylation sites is 1. The molecule has 0 atom stereocenters. The molecule has 0 saturated heterocycles. The van der Waals surface area contributed by atoms with Gasteiger partial charge >= 0.3 is 0 Å². The Morgan fingerprint density at radius 2 is 2.03 bits per heavy atom. The van der Waals surface area contributed by atoms with Gasteiger partial charge in [0.15, 0.2) is 11.5 Å². The number of fused-ring (bicyclic) bond motifs is 3.